The van der Waals surface area contributed by atoms with Crippen molar-refractivity contribution < 1.29 is 27.5 Å². The Labute approximate surface area is 217 Å². The van der Waals surface area contributed by atoms with E-state index in [2.05, 4.69) is 10.3 Å². The Kier molecular flexibility index (Phi) is 9.39. The fourth-order valence-electron chi connectivity index (χ4n) is 4.15. The van der Waals surface area contributed by atoms with E-state index in [1.54, 1.807) is 48.8 Å². The van der Waals surface area contributed by atoms with Gasteiger partial charge < -0.3 is 20.7 Å². The van der Waals surface area contributed by atoms with Crippen molar-refractivity contribution in [1.82, 2.24) is 15.2 Å². The molecule has 0 bridgehead atoms. The summed E-state index contributed by atoms with van der Waals surface area (Å²) in [6.07, 6.45) is 3.37. The predicted octanol–water partition coefficient (Wildman–Crippen LogP) is 0.505. The van der Waals surface area contributed by atoms with E-state index in [-0.39, 0.29) is 12.8 Å². The summed E-state index contributed by atoms with van der Waals surface area (Å²) in [4.78, 5) is 44.1. The minimum absolute atomic E-state index is 0.106. The van der Waals surface area contributed by atoms with E-state index < -0.39 is 50.0 Å². The molecule has 1 saturated heterocycles. The third-order valence-corrected chi connectivity index (χ3v) is 9.13. The van der Waals surface area contributed by atoms with Gasteiger partial charge >= 0.3 is 0 Å². The van der Waals surface area contributed by atoms with Gasteiger partial charge in [-0.2, -0.15) is 0 Å². The average Bonchev–Trinajstić information content (AvgIpc) is 2.88. The van der Waals surface area contributed by atoms with Crippen LogP contribution in [0, 0.1) is 5.92 Å². The van der Waals surface area contributed by atoms with Crippen molar-refractivity contribution in [1.29, 1.82) is 0 Å². The first kappa shape index (κ1) is 28.3. The summed E-state index contributed by atoms with van der Waals surface area (Å²) in [5.41, 5.74) is 7.05. The molecule has 3 rings (SSSR count). The number of nitrogens with one attached hydrogen (secondary N) is 1. The maximum atomic E-state index is 13.6. The summed E-state index contributed by atoms with van der Waals surface area (Å²) in [6.45, 7) is 4.03. The lowest BCUT2D eigenvalue weighted by Gasteiger charge is -2.34. The lowest BCUT2D eigenvalue weighted by Crippen LogP contribution is -2.55. The average molecular weight is 531 g/mol. The van der Waals surface area contributed by atoms with Crippen molar-refractivity contribution in [3.63, 3.8) is 0 Å². The van der Waals surface area contributed by atoms with E-state index in [9.17, 15) is 22.8 Å². The Bertz CT molecular complexity index is 1180. The van der Waals surface area contributed by atoms with Crippen LogP contribution in [0.25, 0.3) is 0 Å². The van der Waals surface area contributed by atoms with E-state index in [4.69, 9.17) is 10.5 Å². The summed E-state index contributed by atoms with van der Waals surface area (Å²) in [5, 5.41) is 2.64. The van der Waals surface area contributed by atoms with Gasteiger partial charge in [0.25, 0.3) is 0 Å². The SMILES string of the molecule is CC(C)(C(=O)N1CCOCC1)S(=O)(=O)C[C@@H](Cc1ccccc1)C(=O)NC(Cc1ccncc1)C(N)=O. The molecule has 37 heavy (non-hydrogen) atoms. The normalized spacial score (nSPS) is 16.0. The van der Waals surface area contributed by atoms with Gasteiger partial charge in [0.05, 0.1) is 24.9 Å². The third kappa shape index (κ3) is 7.36. The van der Waals surface area contributed by atoms with Crippen LogP contribution in [-0.4, -0.2) is 78.9 Å². The molecule has 1 aromatic carbocycles. The molecular weight excluding hydrogens is 496 g/mol. The monoisotopic (exact) mass is 530 g/mol. The van der Waals surface area contributed by atoms with Crippen molar-refractivity contribution in [3.05, 3.63) is 66.0 Å². The van der Waals surface area contributed by atoms with E-state index in [0.717, 1.165) is 11.1 Å². The second-order valence-corrected chi connectivity index (χ2v) is 12.2. The zero-order valence-electron chi connectivity index (χ0n) is 21.1. The number of amides is 3. The van der Waals surface area contributed by atoms with Gasteiger partial charge in [-0.25, -0.2) is 8.42 Å². The molecule has 200 valence electrons. The lowest BCUT2D eigenvalue weighted by atomic mass is 9.99. The van der Waals surface area contributed by atoms with Crippen LogP contribution < -0.4 is 11.1 Å². The maximum absolute atomic E-state index is 13.6. The highest BCUT2D eigenvalue weighted by Crippen LogP contribution is 2.25. The summed E-state index contributed by atoms with van der Waals surface area (Å²) in [7, 11) is -4.10. The van der Waals surface area contributed by atoms with E-state index >= 15 is 0 Å². The number of ether oxygens (including phenoxy) is 1. The van der Waals surface area contributed by atoms with Crippen LogP contribution >= 0.6 is 0 Å². The van der Waals surface area contributed by atoms with Gasteiger partial charge in [-0.15, -0.1) is 0 Å². The number of aromatic nitrogens is 1. The standard InChI is InChI=1S/C26H34N4O6S/c1-26(2,25(33)30-12-14-36-15-13-30)37(34,35)18-21(16-19-6-4-3-5-7-19)24(32)29-22(23(27)31)17-20-8-10-28-11-9-20/h3-11,21-22H,12-18H2,1-2H3,(H2,27,31)(H,29,32)/t21-,22?/m1/s1. The zero-order valence-corrected chi connectivity index (χ0v) is 21.9. The number of benzene rings is 1. The molecule has 10 nitrogen and oxygen atoms in total. The minimum Gasteiger partial charge on any atom is -0.378 e. The van der Waals surface area contributed by atoms with Crippen LogP contribution in [0.2, 0.25) is 0 Å². The van der Waals surface area contributed by atoms with Gasteiger partial charge in [0.15, 0.2) is 9.84 Å². The smallest absolute Gasteiger partial charge is 0.243 e. The number of morpholine rings is 1. The summed E-state index contributed by atoms with van der Waals surface area (Å²) < 4.78 is 30.7. The lowest BCUT2D eigenvalue weighted by molar-refractivity contribution is -0.137. The quantitative estimate of drug-likeness (QED) is 0.430. The molecule has 1 aromatic heterocycles. The first-order valence-electron chi connectivity index (χ1n) is 12.1. The third-order valence-electron chi connectivity index (χ3n) is 6.56. The molecule has 1 unspecified atom stereocenters. The molecule has 3 amide bonds. The number of carbonyl (C=O) groups is 3. The maximum Gasteiger partial charge on any atom is 0.243 e. The summed E-state index contributed by atoms with van der Waals surface area (Å²) >= 11 is 0. The number of primary amides is 1. The Morgan fingerprint density at radius 2 is 1.62 bits per heavy atom. The predicted molar refractivity (Wildman–Crippen MR) is 138 cm³/mol. The highest BCUT2D eigenvalue weighted by molar-refractivity contribution is 7.93. The molecule has 0 radical (unpaired) electrons. The van der Waals surface area contributed by atoms with Crippen molar-refractivity contribution in [2.45, 2.75) is 37.5 Å². The first-order chi connectivity index (χ1) is 17.5. The zero-order chi connectivity index (χ0) is 27.1. The molecule has 1 aliphatic heterocycles. The number of carbonyl (C=O) groups excluding carboxylic acids is 3. The molecule has 11 heteroatoms. The molecule has 1 fully saturated rings. The van der Waals surface area contributed by atoms with Crippen LogP contribution in [0.3, 0.4) is 0 Å². The van der Waals surface area contributed by atoms with Gasteiger partial charge in [-0.3, -0.25) is 19.4 Å². The van der Waals surface area contributed by atoms with Gasteiger partial charge in [0, 0.05) is 31.9 Å². The minimum atomic E-state index is -4.10. The van der Waals surface area contributed by atoms with Crippen molar-refractivity contribution >= 4 is 27.6 Å². The molecular formula is C26H34N4O6S. The summed E-state index contributed by atoms with van der Waals surface area (Å²) in [5.74, 6) is -3.52. The van der Waals surface area contributed by atoms with Crippen LogP contribution in [0.5, 0.6) is 0 Å². The Balaban J connectivity index is 1.83. The van der Waals surface area contributed by atoms with E-state index in [1.165, 1.54) is 18.7 Å². The highest BCUT2D eigenvalue weighted by Gasteiger charge is 2.46. The molecule has 3 N–H and O–H groups in total. The molecule has 1 aliphatic rings. The number of nitrogens with zero attached hydrogens (tertiary/aromatic N) is 2. The molecule has 2 atom stereocenters. The molecule has 2 aromatic rings. The second-order valence-electron chi connectivity index (χ2n) is 9.61. The number of sulfone groups is 1. The summed E-state index contributed by atoms with van der Waals surface area (Å²) in [6, 6.07) is 11.3. The van der Waals surface area contributed by atoms with Crippen molar-refractivity contribution in [3.8, 4) is 0 Å². The Hall–Kier alpha value is -3.31. The van der Waals surface area contributed by atoms with E-state index in [0.29, 0.717) is 26.3 Å². The first-order valence-corrected chi connectivity index (χ1v) is 13.8. The number of hydrogen-bond acceptors (Lipinski definition) is 7. The number of rotatable bonds is 11. The van der Waals surface area contributed by atoms with Crippen LogP contribution in [0.15, 0.2) is 54.9 Å². The largest absolute Gasteiger partial charge is 0.378 e. The van der Waals surface area contributed by atoms with Crippen molar-refractivity contribution in [2.24, 2.45) is 11.7 Å². The molecule has 2 heterocycles. The van der Waals surface area contributed by atoms with Crippen LogP contribution in [0.4, 0.5) is 0 Å². The van der Waals surface area contributed by atoms with Crippen LogP contribution in [0.1, 0.15) is 25.0 Å². The number of nitrogens with two attached hydrogens (primary N) is 1. The fraction of sp³-hybridized carbons (Fsp3) is 0.462. The number of pyridine rings is 1. The Morgan fingerprint density at radius 3 is 2.22 bits per heavy atom. The van der Waals surface area contributed by atoms with Crippen molar-refractivity contribution in [2.75, 3.05) is 32.1 Å². The molecule has 0 aliphatic carbocycles. The van der Waals surface area contributed by atoms with Gasteiger partial charge in [0.2, 0.25) is 17.7 Å². The molecule has 0 saturated carbocycles. The number of hydrogen-bond donors (Lipinski definition) is 2. The fourth-order valence-corrected chi connectivity index (χ4v) is 5.76. The van der Waals surface area contributed by atoms with E-state index in [1.807, 2.05) is 6.07 Å². The second kappa shape index (κ2) is 12.3. The van der Waals surface area contributed by atoms with Gasteiger partial charge in [-0.1, -0.05) is 30.3 Å². The van der Waals surface area contributed by atoms with Gasteiger partial charge in [0.1, 0.15) is 10.8 Å². The highest BCUT2D eigenvalue weighted by atomic mass is 32.2. The molecule has 0 spiro atoms. The Morgan fingerprint density at radius 1 is 1.03 bits per heavy atom. The van der Waals surface area contributed by atoms with Crippen LogP contribution in [-0.2, 0) is 41.8 Å². The van der Waals surface area contributed by atoms with Gasteiger partial charge in [-0.05, 0) is 43.5 Å². The topological polar surface area (TPSA) is 149 Å².